The number of hydrogen-bond donors (Lipinski definition) is 2. The van der Waals surface area contributed by atoms with Crippen LogP contribution in [0, 0.1) is 0 Å². The van der Waals surface area contributed by atoms with Gasteiger partial charge in [0.15, 0.2) is 0 Å². The molecule has 0 spiro atoms. The minimum absolute atomic E-state index is 0.139. The molecule has 0 aliphatic rings. The molecule has 20 heavy (non-hydrogen) atoms. The highest BCUT2D eigenvalue weighted by Gasteiger charge is 2.16. The van der Waals surface area contributed by atoms with E-state index < -0.39 is 0 Å². The fourth-order valence-corrected chi connectivity index (χ4v) is 4.52. The lowest BCUT2D eigenvalue weighted by molar-refractivity contribution is 0.537. The van der Waals surface area contributed by atoms with Crippen molar-refractivity contribution in [1.29, 1.82) is 0 Å². The summed E-state index contributed by atoms with van der Waals surface area (Å²) in [6.07, 6.45) is 1.82. The lowest BCUT2D eigenvalue weighted by atomic mass is 10.1. The molecule has 3 aromatic rings. The maximum absolute atomic E-state index is 5.76. The van der Waals surface area contributed by atoms with Crippen molar-refractivity contribution in [3.05, 3.63) is 39.8 Å². The number of hydrazine groups is 1. The van der Waals surface area contributed by atoms with E-state index in [-0.39, 0.29) is 6.04 Å². The van der Waals surface area contributed by atoms with Gasteiger partial charge in [0, 0.05) is 33.4 Å². The summed E-state index contributed by atoms with van der Waals surface area (Å²) >= 11 is 3.59. The van der Waals surface area contributed by atoms with Gasteiger partial charge >= 0.3 is 0 Å². The van der Waals surface area contributed by atoms with Crippen LogP contribution >= 0.6 is 22.7 Å². The van der Waals surface area contributed by atoms with Gasteiger partial charge in [-0.2, -0.15) is 5.10 Å². The first-order chi connectivity index (χ1) is 9.71. The Morgan fingerprint density at radius 3 is 2.90 bits per heavy atom. The average molecular weight is 306 g/mol. The van der Waals surface area contributed by atoms with Crippen LogP contribution in [0.4, 0.5) is 0 Å². The van der Waals surface area contributed by atoms with Crippen LogP contribution < -0.4 is 11.3 Å². The first kappa shape index (κ1) is 13.8. The molecular weight excluding hydrogens is 288 g/mol. The standard InChI is InChI=1S/C14H18N4S2/c1-3-9-6-10(18(2)17-9)7-11(16-15)13-8-14-12(20-13)4-5-19-14/h4-6,8,11,16H,3,7,15H2,1-2H3. The quantitative estimate of drug-likeness (QED) is 0.563. The number of aryl methyl sites for hydroxylation is 2. The van der Waals surface area contributed by atoms with Crippen molar-refractivity contribution in [2.45, 2.75) is 25.8 Å². The van der Waals surface area contributed by atoms with Crippen molar-refractivity contribution in [1.82, 2.24) is 15.2 Å². The zero-order valence-corrected chi connectivity index (χ0v) is 13.2. The highest BCUT2D eigenvalue weighted by atomic mass is 32.1. The van der Waals surface area contributed by atoms with E-state index in [1.54, 1.807) is 11.3 Å². The number of nitrogens with two attached hydrogens (primary N) is 1. The zero-order valence-electron chi connectivity index (χ0n) is 11.6. The van der Waals surface area contributed by atoms with Crippen molar-refractivity contribution in [2.75, 3.05) is 0 Å². The number of rotatable bonds is 5. The predicted molar refractivity (Wildman–Crippen MR) is 86.1 cm³/mol. The van der Waals surface area contributed by atoms with Crippen LogP contribution in [0.25, 0.3) is 9.40 Å². The van der Waals surface area contributed by atoms with Crippen LogP contribution in [0.3, 0.4) is 0 Å². The van der Waals surface area contributed by atoms with E-state index in [1.807, 2.05) is 23.1 Å². The van der Waals surface area contributed by atoms with Crippen LogP contribution in [-0.4, -0.2) is 9.78 Å². The van der Waals surface area contributed by atoms with Gasteiger partial charge in [-0.3, -0.25) is 16.0 Å². The molecule has 0 saturated carbocycles. The average Bonchev–Trinajstić information content (AvgIpc) is 3.10. The highest BCUT2D eigenvalue weighted by Crippen LogP contribution is 2.34. The summed E-state index contributed by atoms with van der Waals surface area (Å²) in [5.41, 5.74) is 5.29. The Kier molecular flexibility index (Phi) is 3.89. The number of thiophene rings is 2. The minimum Gasteiger partial charge on any atom is -0.272 e. The third kappa shape index (κ3) is 2.52. The highest BCUT2D eigenvalue weighted by molar-refractivity contribution is 7.26. The van der Waals surface area contributed by atoms with Crippen LogP contribution in [0.2, 0.25) is 0 Å². The second-order valence-electron chi connectivity index (χ2n) is 4.83. The second kappa shape index (κ2) is 5.65. The Morgan fingerprint density at radius 1 is 1.40 bits per heavy atom. The van der Waals surface area contributed by atoms with Gasteiger partial charge < -0.3 is 0 Å². The number of aromatic nitrogens is 2. The Labute approximate surface area is 126 Å². The molecule has 3 heterocycles. The summed E-state index contributed by atoms with van der Waals surface area (Å²) in [7, 11) is 2.00. The van der Waals surface area contributed by atoms with Crippen LogP contribution in [-0.2, 0) is 19.9 Å². The number of nitrogens with one attached hydrogen (secondary N) is 1. The first-order valence-corrected chi connectivity index (χ1v) is 8.35. The molecule has 0 radical (unpaired) electrons. The van der Waals surface area contributed by atoms with Gasteiger partial charge in [0.25, 0.3) is 0 Å². The van der Waals surface area contributed by atoms with Gasteiger partial charge in [-0.1, -0.05) is 6.92 Å². The molecule has 1 atom stereocenters. The molecule has 0 amide bonds. The van der Waals surface area contributed by atoms with Crippen molar-refractivity contribution >= 4 is 32.1 Å². The van der Waals surface area contributed by atoms with E-state index in [0.29, 0.717) is 0 Å². The topological polar surface area (TPSA) is 55.9 Å². The molecule has 106 valence electrons. The Morgan fingerprint density at radius 2 is 2.25 bits per heavy atom. The Bertz CT molecular complexity index is 681. The maximum atomic E-state index is 5.76. The second-order valence-corrected chi connectivity index (χ2v) is 6.89. The first-order valence-electron chi connectivity index (χ1n) is 6.66. The van der Waals surface area contributed by atoms with Crippen molar-refractivity contribution < 1.29 is 0 Å². The third-order valence-corrected chi connectivity index (χ3v) is 5.71. The lowest BCUT2D eigenvalue weighted by Gasteiger charge is -2.14. The summed E-state index contributed by atoms with van der Waals surface area (Å²) < 4.78 is 4.63. The van der Waals surface area contributed by atoms with Crippen molar-refractivity contribution in [3.8, 4) is 0 Å². The number of hydrogen-bond acceptors (Lipinski definition) is 5. The predicted octanol–water partition coefficient (Wildman–Crippen LogP) is 3.01. The van der Waals surface area contributed by atoms with Gasteiger partial charge in [-0.15, -0.1) is 22.7 Å². The van der Waals surface area contributed by atoms with E-state index in [4.69, 9.17) is 5.84 Å². The molecule has 1 unspecified atom stereocenters. The Balaban J connectivity index is 1.86. The molecule has 3 aromatic heterocycles. The van der Waals surface area contributed by atoms with Gasteiger partial charge in [0.2, 0.25) is 0 Å². The monoisotopic (exact) mass is 306 g/mol. The summed E-state index contributed by atoms with van der Waals surface area (Å²) in [5.74, 6) is 5.76. The zero-order chi connectivity index (χ0) is 14.1. The molecule has 0 bridgehead atoms. The molecular formula is C14H18N4S2. The van der Waals surface area contributed by atoms with E-state index in [2.05, 4.69) is 41.0 Å². The molecule has 0 aliphatic heterocycles. The fourth-order valence-electron chi connectivity index (χ4n) is 2.34. The number of nitrogens with zero attached hydrogens (tertiary/aromatic N) is 2. The number of fused-ring (bicyclic) bond motifs is 1. The fraction of sp³-hybridized carbons (Fsp3) is 0.357. The van der Waals surface area contributed by atoms with Crippen LogP contribution in [0.1, 0.15) is 29.2 Å². The van der Waals surface area contributed by atoms with Crippen molar-refractivity contribution in [2.24, 2.45) is 12.9 Å². The smallest absolute Gasteiger partial charge is 0.0624 e. The minimum atomic E-state index is 0.139. The molecule has 3 N–H and O–H groups in total. The van der Waals surface area contributed by atoms with E-state index >= 15 is 0 Å². The van der Waals surface area contributed by atoms with Gasteiger partial charge in [-0.05, 0) is 30.0 Å². The summed E-state index contributed by atoms with van der Waals surface area (Å²) in [6.45, 7) is 2.12. The lowest BCUT2D eigenvalue weighted by Crippen LogP contribution is -2.29. The van der Waals surface area contributed by atoms with Crippen LogP contribution in [0.5, 0.6) is 0 Å². The van der Waals surface area contributed by atoms with Gasteiger partial charge in [0.05, 0.1) is 11.7 Å². The van der Waals surface area contributed by atoms with E-state index in [0.717, 1.165) is 18.5 Å². The summed E-state index contributed by atoms with van der Waals surface area (Å²) in [6, 6.07) is 6.72. The largest absolute Gasteiger partial charge is 0.272 e. The Hall–Kier alpha value is -1.21. The molecule has 6 heteroatoms. The van der Waals surface area contributed by atoms with Crippen molar-refractivity contribution in [3.63, 3.8) is 0 Å². The molecule has 3 rings (SSSR count). The maximum Gasteiger partial charge on any atom is 0.0624 e. The van der Waals surface area contributed by atoms with Gasteiger partial charge in [0.1, 0.15) is 0 Å². The SMILES string of the molecule is CCc1cc(CC(NN)c2cc3sccc3s2)n(C)n1. The molecule has 0 saturated heterocycles. The molecule has 4 nitrogen and oxygen atoms in total. The third-order valence-electron chi connectivity index (χ3n) is 3.51. The summed E-state index contributed by atoms with van der Waals surface area (Å²) in [5, 5.41) is 6.63. The summed E-state index contributed by atoms with van der Waals surface area (Å²) in [4.78, 5) is 1.29. The molecule has 0 aromatic carbocycles. The normalized spacial score (nSPS) is 13.2. The van der Waals surface area contributed by atoms with E-state index in [9.17, 15) is 0 Å². The van der Waals surface area contributed by atoms with E-state index in [1.165, 1.54) is 20.0 Å². The molecule has 0 aliphatic carbocycles. The van der Waals surface area contributed by atoms with Gasteiger partial charge in [-0.25, -0.2) is 0 Å². The van der Waals surface area contributed by atoms with Crippen LogP contribution in [0.15, 0.2) is 23.6 Å². The molecule has 0 fully saturated rings.